The predicted octanol–water partition coefficient (Wildman–Crippen LogP) is 2.69. The fourth-order valence-corrected chi connectivity index (χ4v) is 3.93. The third kappa shape index (κ3) is 4.11. The van der Waals surface area contributed by atoms with Gasteiger partial charge in [-0.2, -0.15) is 0 Å². The average Bonchev–Trinajstić information content (AvgIpc) is 2.98. The third-order valence-electron chi connectivity index (χ3n) is 5.52. The van der Waals surface area contributed by atoms with Gasteiger partial charge in [0.1, 0.15) is 12.4 Å². The number of hydrogen-bond acceptors (Lipinski definition) is 5. The molecule has 152 valence electrons. The predicted molar refractivity (Wildman–Crippen MR) is 104 cm³/mol. The molecule has 2 amide bonds. The number of nitrogens with zero attached hydrogens (tertiary/aromatic N) is 1. The molecule has 2 heterocycles. The summed E-state index contributed by atoms with van der Waals surface area (Å²) >= 11 is 0. The molecular weight excluding hydrogens is 372 g/mol. The molecule has 2 aromatic rings. The highest BCUT2D eigenvalue weighted by atomic mass is 16.5. The zero-order valence-corrected chi connectivity index (χ0v) is 16.0. The van der Waals surface area contributed by atoms with Gasteiger partial charge in [0.05, 0.1) is 25.1 Å². The van der Waals surface area contributed by atoms with Crippen molar-refractivity contribution in [3.63, 3.8) is 0 Å². The Morgan fingerprint density at radius 3 is 2.66 bits per heavy atom. The van der Waals surface area contributed by atoms with E-state index in [0.29, 0.717) is 31.1 Å². The van der Waals surface area contributed by atoms with Crippen molar-refractivity contribution in [1.29, 1.82) is 0 Å². The maximum atomic E-state index is 13.4. The molecule has 2 aliphatic rings. The molecule has 4 rings (SSSR count). The standard InChI is InChI=1S/C22H24N2O5/c25-21(23-27)16-8-9-17-12-24(22(26)18-7-4-10-28-13-18)19(14-29-20(17)11-16)15-5-2-1-3-6-15/h1-3,5-6,8-9,11,18-19,27H,4,7,10,12-14H2,(H,23,25)/t18?,19-/m1/s1. The number of fused-ring (bicyclic) bond motifs is 1. The Labute approximate surface area is 169 Å². The van der Waals surface area contributed by atoms with Gasteiger partial charge < -0.3 is 14.4 Å². The Bertz CT molecular complexity index is 880. The van der Waals surface area contributed by atoms with Crippen LogP contribution in [0.25, 0.3) is 0 Å². The summed E-state index contributed by atoms with van der Waals surface area (Å²) < 4.78 is 11.6. The maximum Gasteiger partial charge on any atom is 0.274 e. The Hall–Kier alpha value is -2.90. The number of nitrogens with one attached hydrogen (secondary N) is 1. The van der Waals surface area contributed by atoms with Crippen LogP contribution in [0.2, 0.25) is 0 Å². The van der Waals surface area contributed by atoms with Crippen LogP contribution in [-0.4, -0.2) is 41.7 Å². The zero-order valence-electron chi connectivity index (χ0n) is 16.0. The highest BCUT2D eigenvalue weighted by Gasteiger charge is 2.34. The van der Waals surface area contributed by atoms with Gasteiger partial charge in [0.25, 0.3) is 5.91 Å². The lowest BCUT2D eigenvalue weighted by Crippen LogP contribution is -2.42. The van der Waals surface area contributed by atoms with Crippen LogP contribution >= 0.6 is 0 Å². The van der Waals surface area contributed by atoms with Crippen molar-refractivity contribution in [1.82, 2.24) is 10.4 Å². The number of hydroxylamine groups is 1. The first-order valence-corrected chi connectivity index (χ1v) is 9.80. The van der Waals surface area contributed by atoms with Gasteiger partial charge in [-0.15, -0.1) is 0 Å². The molecule has 0 spiro atoms. The average molecular weight is 396 g/mol. The van der Waals surface area contributed by atoms with Crippen LogP contribution < -0.4 is 10.2 Å². The molecule has 1 unspecified atom stereocenters. The largest absolute Gasteiger partial charge is 0.491 e. The molecule has 2 atom stereocenters. The van der Waals surface area contributed by atoms with Gasteiger partial charge in [-0.05, 0) is 30.5 Å². The maximum absolute atomic E-state index is 13.4. The second-order valence-corrected chi connectivity index (χ2v) is 7.38. The molecule has 0 aromatic heterocycles. The van der Waals surface area contributed by atoms with Crippen LogP contribution in [0, 0.1) is 5.92 Å². The van der Waals surface area contributed by atoms with Crippen molar-refractivity contribution >= 4 is 11.8 Å². The quantitative estimate of drug-likeness (QED) is 0.615. The smallest absolute Gasteiger partial charge is 0.274 e. The summed E-state index contributed by atoms with van der Waals surface area (Å²) in [4.78, 5) is 27.0. The van der Waals surface area contributed by atoms with E-state index in [0.717, 1.165) is 24.0 Å². The van der Waals surface area contributed by atoms with Crippen LogP contribution in [0.15, 0.2) is 48.5 Å². The zero-order chi connectivity index (χ0) is 20.2. The van der Waals surface area contributed by atoms with E-state index in [2.05, 4.69) is 0 Å². The number of rotatable bonds is 3. The van der Waals surface area contributed by atoms with E-state index in [1.807, 2.05) is 35.2 Å². The molecule has 0 saturated carbocycles. The topological polar surface area (TPSA) is 88.1 Å². The van der Waals surface area contributed by atoms with Crippen LogP contribution in [0.5, 0.6) is 5.75 Å². The van der Waals surface area contributed by atoms with Crippen molar-refractivity contribution in [2.24, 2.45) is 5.92 Å². The Morgan fingerprint density at radius 1 is 1.10 bits per heavy atom. The molecular formula is C22H24N2O5. The van der Waals surface area contributed by atoms with E-state index in [4.69, 9.17) is 14.7 Å². The minimum absolute atomic E-state index is 0.0622. The number of carbonyl (C=O) groups is 2. The second-order valence-electron chi connectivity index (χ2n) is 7.38. The van der Waals surface area contributed by atoms with Gasteiger partial charge in [0, 0.05) is 17.7 Å². The first kappa shape index (κ1) is 19.4. The van der Waals surface area contributed by atoms with Crippen molar-refractivity contribution < 1.29 is 24.3 Å². The lowest BCUT2D eigenvalue weighted by atomic mass is 9.97. The van der Waals surface area contributed by atoms with E-state index < -0.39 is 5.91 Å². The summed E-state index contributed by atoms with van der Waals surface area (Å²) in [6, 6.07) is 14.6. The summed E-state index contributed by atoms with van der Waals surface area (Å²) in [5, 5.41) is 8.89. The minimum atomic E-state index is -0.604. The van der Waals surface area contributed by atoms with E-state index in [9.17, 15) is 9.59 Å². The molecule has 0 bridgehead atoms. The van der Waals surface area contributed by atoms with Gasteiger partial charge in [0.2, 0.25) is 5.91 Å². The highest BCUT2D eigenvalue weighted by molar-refractivity contribution is 5.93. The molecule has 7 heteroatoms. The third-order valence-corrected chi connectivity index (χ3v) is 5.52. The van der Waals surface area contributed by atoms with Crippen molar-refractivity contribution in [3.05, 3.63) is 65.2 Å². The van der Waals surface area contributed by atoms with Gasteiger partial charge >= 0.3 is 0 Å². The first-order chi connectivity index (χ1) is 14.2. The summed E-state index contributed by atoms with van der Waals surface area (Å²) in [6.07, 6.45) is 1.70. The summed E-state index contributed by atoms with van der Waals surface area (Å²) in [5.74, 6) is -0.155. The van der Waals surface area contributed by atoms with Crippen molar-refractivity contribution in [2.75, 3.05) is 19.8 Å². The fourth-order valence-electron chi connectivity index (χ4n) is 3.93. The fraction of sp³-hybridized carbons (Fsp3) is 0.364. The lowest BCUT2D eigenvalue weighted by Gasteiger charge is -2.34. The van der Waals surface area contributed by atoms with E-state index in [-0.39, 0.29) is 24.5 Å². The van der Waals surface area contributed by atoms with Crippen LogP contribution in [0.4, 0.5) is 0 Å². The SMILES string of the molecule is O=C(NO)c1ccc2c(c1)OC[C@H](c1ccccc1)N(C(=O)C1CCCOC1)C2. The molecule has 1 fully saturated rings. The van der Waals surface area contributed by atoms with E-state index >= 15 is 0 Å². The first-order valence-electron chi connectivity index (χ1n) is 9.80. The summed E-state index contributed by atoms with van der Waals surface area (Å²) in [6.45, 7) is 1.81. The molecule has 2 aromatic carbocycles. The summed E-state index contributed by atoms with van der Waals surface area (Å²) in [5.41, 5.74) is 3.75. The monoisotopic (exact) mass is 396 g/mol. The molecule has 7 nitrogen and oxygen atoms in total. The number of benzene rings is 2. The van der Waals surface area contributed by atoms with E-state index in [1.165, 1.54) is 0 Å². The van der Waals surface area contributed by atoms with Gasteiger partial charge in [-0.25, -0.2) is 5.48 Å². The molecule has 2 N–H and O–H groups in total. The Balaban J connectivity index is 1.68. The van der Waals surface area contributed by atoms with Gasteiger partial charge in [0.15, 0.2) is 0 Å². The number of hydrogen-bond donors (Lipinski definition) is 2. The molecule has 0 radical (unpaired) electrons. The van der Waals surface area contributed by atoms with Gasteiger partial charge in [-0.3, -0.25) is 14.8 Å². The Morgan fingerprint density at radius 2 is 1.93 bits per heavy atom. The normalized spacial score (nSPS) is 21.5. The van der Waals surface area contributed by atoms with E-state index in [1.54, 1.807) is 23.7 Å². The van der Waals surface area contributed by atoms with Crippen molar-refractivity contribution in [3.8, 4) is 5.75 Å². The highest BCUT2D eigenvalue weighted by Crippen LogP contribution is 2.34. The molecule has 0 aliphatic carbocycles. The molecule has 1 saturated heterocycles. The number of amides is 2. The number of carbonyl (C=O) groups excluding carboxylic acids is 2. The lowest BCUT2D eigenvalue weighted by molar-refractivity contribution is -0.143. The second kappa shape index (κ2) is 8.63. The van der Waals surface area contributed by atoms with Crippen LogP contribution in [-0.2, 0) is 16.1 Å². The van der Waals surface area contributed by atoms with Crippen LogP contribution in [0.3, 0.4) is 0 Å². The molecule has 29 heavy (non-hydrogen) atoms. The minimum Gasteiger partial charge on any atom is -0.491 e. The van der Waals surface area contributed by atoms with Crippen molar-refractivity contribution in [2.45, 2.75) is 25.4 Å². The van der Waals surface area contributed by atoms with Gasteiger partial charge in [-0.1, -0.05) is 36.4 Å². The van der Waals surface area contributed by atoms with Crippen LogP contribution in [0.1, 0.15) is 40.4 Å². The Kier molecular flexibility index (Phi) is 5.78. The number of ether oxygens (including phenoxy) is 2. The summed E-state index contributed by atoms with van der Waals surface area (Å²) in [7, 11) is 0. The molecule has 2 aliphatic heterocycles.